The molecule has 2 aromatic carbocycles. The zero-order valence-corrected chi connectivity index (χ0v) is 16.8. The van der Waals surface area contributed by atoms with Crippen LogP contribution in [0.4, 0.5) is 0 Å². The van der Waals surface area contributed by atoms with Crippen LogP contribution in [0.2, 0.25) is 0 Å². The van der Waals surface area contributed by atoms with E-state index in [4.69, 9.17) is 18.9 Å². The van der Waals surface area contributed by atoms with Crippen LogP contribution < -0.4 is 18.9 Å². The number of carbonyl (C=O) groups is 2. The van der Waals surface area contributed by atoms with Crippen LogP contribution in [0, 0.1) is 0 Å². The molecule has 0 aromatic heterocycles. The zero-order valence-electron chi connectivity index (χ0n) is 16.8. The number of hydrogen-bond acceptors (Lipinski definition) is 6. The average molecular weight is 412 g/mol. The van der Waals surface area contributed by atoms with Gasteiger partial charge in [0.1, 0.15) is 18.1 Å². The van der Waals surface area contributed by atoms with Crippen molar-refractivity contribution in [1.29, 1.82) is 0 Å². The minimum Gasteiger partial charge on any atom is -0.497 e. The maximum absolute atomic E-state index is 12.8. The summed E-state index contributed by atoms with van der Waals surface area (Å²) in [6, 6.07) is 14.4. The molecule has 0 saturated carbocycles. The van der Waals surface area contributed by atoms with Crippen LogP contribution in [-0.4, -0.2) is 74.2 Å². The second kappa shape index (κ2) is 8.94. The third-order valence-electron chi connectivity index (χ3n) is 5.15. The number of carbonyl (C=O) groups excluding carboxylic acids is 2. The molecule has 2 aromatic rings. The molecular weight excluding hydrogens is 388 g/mol. The van der Waals surface area contributed by atoms with Crippen LogP contribution >= 0.6 is 0 Å². The lowest BCUT2D eigenvalue weighted by Gasteiger charge is -2.37. The summed E-state index contributed by atoms with van der Waals surface area (Å²) in [6.07, 6.45) is -0.666. The molecule has 0 radical (unpaired) electrons. The summed E-state index contributed by atoms with van der Waals surface area (Å²) in [7, 11) is 1.59. The van der Waals surface area contributed by atoms with Crippen LogP contribution in [0.5, 0.6) is 23.0 Å². The van der Waals surface area contributed by atoms with E-state index in [2.05, 4.69) is 0 Å². The number of para-hydroxylation sites is 2. The van der Waals surface area contributed by atoms with E-state index in [1.807, 2.05) is 18.2 Å². The first kappa shape index (κ1) is 19.9. The van der Waals surface area contributed by atoms with Crippen molar-refractivity contribution in [3.8, 4) is 23.0 Å². The third-order valence-corrected chi connectivity index (χ3v) is 5.15. The minimum absolute atomic E-state index is 0.0450. The maximum atomic E-state index is 12.8. The summed E-state index contributed by atoms with van der Waals surface area (Å²) >= 11 is 0. The summed E-state index contributed by atoms with van der Waals surface area (Å²) in [4.78, 5) is 28.7. The lowest BCUT2D eigenvalue weighted by Crippen LogP contribution is -2.55. The molecule has 2 aliphatic rings. The summed E-state index contributed by atoms with van der Waals surface area (Å²) < 4.78 is 22.1. The van der Waals surface area contributed by atoms with Gasteiger partial charge in [-0.3, -0.25) is 9.59 Å². The summed E-state index contributed by atoms with van der Waals surface area (Å²) in [6.45, 7) is 1.96. The van der Waals surface area contributed by atoms with Gasteiger partial charge in [-0.05, 0) is 36.4 Å². The van der Waals surface area contributed by atoms with Gasteiger partial charge in [0.05, 0.1) is 7.11 Å². The SMILES string of the molecule is COc1ccc(OCC(=O)N2CCN(C(=O)[C@@H]3COc4ccccc4O3)CC2)cc1. The fourth-order valence-electron chi connectivity index (χ4n) is 3.43. The predicted octanol–water partition coefficient (Wildman–Crippen LogP) is 1.58. The Morgan fingerprint density at radius 2 is 1.57 bits per heavy atom. The van der Waals surface area contributed by atoms with Gasteiger partial charge in [0, 0.05) is 26.2 Å². The Morgan fingerprint density at radius 3 is 2.27 bits per heavy atom. The average Bonchev–Trinajstić information content (AvgIpc) is 2.82. The van der Waals surface area contributed by atoms with Crippen molar-refractivity contribution < 1.29 is 28.5 Å². The standard InChI is InChI=1S/C22H24N2O6/c1-27-16-6-8-17(9-7-16)28-15-21(25)23-10-12-24(13-11-23)22(26)20-14-29-18-4-2-3-5-19(18)30-20/h2-9,20H,10-15H2,1H3/t20-/m0/s1. The Kier molecular flexibility index (Phi) is 5.92. The number of piperazine rings is 1. The second-order valence-electron chi connectivity index (χ2n) is 7.03. The molecule has 0 N–H and O–H groups in total. The highest BCUT2D eigenvalue weighted by Crippen LogP contribution is 2.31. The normalized spacial score (nSPS) is 18.0. The van der Waals surface area contributed by atoms with Crippen LogP contribution in [0.25, 0.3) is 0 Å². The van der Waals surface area contributed by atoms with E-state index in [0.29, 0.717) is 43.4 Å². The number of benzene rings is 2. The van der Waals surface area contributed by atoms with E-state index < -0.39 is 6.10 Å². The molecule has 0 unspecified atom stereocenters. The lowest BCUT2D eigenvalue weighted by atomic mass is 10.2. The molecule has 2 heterocycles. The summed E-state index contributed by atoms with van der Waals surface area (Å²) in [5.41, 5.74) is 0. The molecule has 1 atom stereocenters. The highest BCUT2D eigenvalue weighted by atomic mass is 16.6. The maximum Gasteiger partial charge on any atom is 0.267 e. The summed E-state index contributed by atoms with van der Waals surface area (Å²) in [5.74, 6) is 2.33. The zero-order chi connectivity index (χ0) is 20.9. The monoisotopic (exact) mass is 412 g/mol. The molecule has 30 heavy (non-hydrogen) atoms. The Hall–Kier alpha value is -3.42. The van der Waals surface area contributed by atoms with Crippen molar-refractivity contribution in [3.63, 3.8) is 0 Å². The largest absolute Gasteiger partial charge is 0.497 e. The lowest BCUT2D eigenvalue weighted by molar-refractivity contribution is -0.146. The molecule has 1 saturated heterocycles. The van der Waals surface area contributed by atoms with Crippen molar-refractivity contribution in [3.05, 3.63) is 48.5 Å². The van der Waals surface area contributed by atoms with Crippen molar-refractivity contribution in [2.75, 3.05) is 46.5 Å². The van der Waals surface area contributed by atoms with Crippen LogP contribution in [0.3, 0.4) is 0 Å². The quantitative estimate of drug-likeness (QED) is 0.742. The van der Waals surface area contributed by atoms with E-state index in [1.165, 1.54) is 0 Å². The minimum atomic E-state index is -0.666. The Labute approximate surface area is 174 Å². The number of nitrogens with zero attached hydrogens (tertiary/aromatic N) is 2. The first-order valence-electron chi connectivity index (χ1n) is 9.86. The Bertz CT molecular complexity index is 893. The Balaban J connectivity index is 1.24. The number of methoxy groups -OCH3 is 1. The summed E-state index contributed by atoms with van der Waals surface area (Å²) in [5, 5.41) is 0. The first-order valence-corrected chi connectivity index (χ1v) is 9.86. The van der Waals surface area contributed by atoms with E-state index in [0.717, 1.165) is 5.75 Å². The molecule has 0 spiro atoms. The van der Waals surface area contributed by atoms with Gasteiger partial charge < -0.3 is 28.7 Å². The molecule has 2 amide bonds. The topological polar surface area (TPSA) is 77.5 Å². The number of rotatable bonds is 5. The van der Waals surface area contributed by atoms with E-state index in [9.17, 15) is 9.59 Å². The van der Waals surface area contributed by atoms with Crippen molar-refractivity contribution in [2.45, 2.75) is 6.10 Å². The van der Waals surface area contributed by atoms with Gasteiger partial charge in [0.25, 0.3) is 11.8 Å². The van der Waals surface area contributed by atoms with Gasteiger partial charge in [0.15, 0.2) is 18.1 Å². The molecule has 0 bridgehead atoms. The second-order valence-corrected chi connectivity index (χ2v) is 7.03. The number of hydrogen-bond donors (Lipinski definition) is 0. The third kappa shape index (κ3) is 4.42. The van der Waals surface area contributed by atoms with Crippen molar-refractivity contribution >= 4 is 11.8 Å². The predicted molar refractivity (Wildman–Crippen MR) is 108 cm³/mol. The number of amides is 2. The fourth-order valence-corrected chi connectivity index (χ4v) is 3.43. The van der Waals surface area contributed by atoms with Crippen LogP contribution in [0.1, 0.15) is 0 Å². The van der Waals surface area contributed by atoms with Crippen LogP contribution in [-0.2, 0) is 9.59 Å². The van der Waals surface area contributed by atoms with Gasteiger partial charge in [-0.25, -0.2) is 0 Å². The number of fused-ring (bicyclic) bond motifs is 1. The van der Waals surface area contributed by atoms with Crippen LogP contribution in [0.15, 0.2) is 48.5 Å². The van der Waals surface area contributed by atoms with Gasteiger partial charge in [-0.1, -0.05) is 12.1 Å². The van der Waals surface area contributed by atoms with E-state index in [-0.39, 0.29) is 25.0 Å². The highest BCUT2D eigenvalue weighted by Gasteiger charge is 2.33. The van der Waals surface area contributed by atoms with E-state index >= 15 is 0 Å². The van der Waals surface area contributed by atoms with Gasteiger partial charge >= 0.3 is 0 Å². The molecule has 0 aliphatic carbocycles. The van der Waals surface area contributed by atoms with Gasteiger partial charge in [-0.2, -0.15) is 0 Å². The molecule has 8 heteroatoms. The molecular formula is C22H24N2O6. The fraction of sp³-hybridized carbons (Fsp3) is 0.364. The molecule has 8 nitrogen and oxygen atoms in total. The highest BCUT2D eigenvalue weighted by molar-refractivity contribution is 5.83. The Morgan fingerprint density at radius 1 is 0.933 bits per heavy atom. The molecule has 1 fully saturated rings. The van der Waals surface area contributed by atoms with Crippen molar-refractivity contribution in [1.82, 2.24) is 9.80 Å². The molecule has 2 aliphatic heterocycles. The van der Waals surface area contributed by atoms with Gasteiger partial charge in [0.2, 0.25) is 6.10 Å². The van der Waals surface area contributed by atoms with Crippen molar-refractivity contribution in [2.24, 2.45) is 0 Å². The van der Waals surface area contributed by atoms with Gasteiger partial charge in [-0.15, -0.1) is 0 Å². The molecule has 158 valence electrons. The number of ether oxygens (including phenoxy) is 4. The molecule has 4 rings (SSSR count). The first-order chi connectivity index (χ1) is 14.6. The smallest absolute Gasteiger partial charge is 0.267 e. The van der Waals surface area contributed by atoms with E-state index in [1.54, 1.807) is 47.2 Å².